The monoisotopic (exact) mass is 370 g/mol. The van der Waals surface area contributed by atoms with Gasteiger partial charge < -0.3 is 4.57 Å². The number of alkyl halides is 3. The van der Waals surface area contributed by atoms with E-state index in [4.69, 9.17) is 0 Å². The number of aryl methyl sites for hydroxylation is 1. The molecule has 3 rings (SSSR count). The molecule has 24 heavy (non-hydrogen) atoms. The maximum Gasteiger partial charge on any atom is 0.434 e. The molecule has 2 heterocycles. The Kier molecular flexibility index (Phi) is 4.64. The molecule has 0 saturated heterocycles. The van der Waals surface area contributed by atoms with Crippen molar-refractivity contribution in [2.24, 2.45) is 0 Å². The van der Waals surface area contributed by atoms with E-state index in [1.54, 1.807) is 0 Å². The van der Waals surface area contributed by atoms with Crippen molar-refractivity contribution in [1.29, 1.82) is 0 Å². The molecule has 0 radical (unpaired) electrons. The number of aromatic nitrogens is 4. The predicted molar refractivity (Wildman–Crippen MR) is 87.1 cm³/mol. The third-order valence-electron chi connectivity index (χ3n) is 3.29. The second-order valence-electron chi connectivity index (χ2n) is 5.01. The van der Waals surface area contributed by atoms with Crippen LogP contribution in [0.3, 0.4) is 0 Å². The highest BCUT2D eigenvalue weighted by molar-refractivity contribution is 8.00. The van der Waals surface area contributed by atoms with Crippen LogP contribution < -0.4 is 0 Å². The zero-order chi connectivity index (χ0) is 17.3. The Morgan fingerprint density at radius 2 is 1.88 bits per heavy atom. The molecule has 0 aliphatic carbocycles. The Morgan fingerprint density at radius 3 is 2.46 bits per heavy atom. The second kappa shape index (κ2) is 6.56. The lowest BCUT2D eigenvalue weighted by atomic mass is 10.1. The molecule has 1 aromatic carbocycles. The third kappa shape index (κ3) is 3.46. The third-order valence-corrected chi connectivity index (χ3v) is 5.22. The summed E-state index contributed by atoms with van der Waals surface area (Å²) in [6.45, 7) is 4.54. The summed E-state index contributed by atoms with van der Waals surface area (Å²) in [6.07, 6.45) is -4.43. The Morgan fingerprint density at radius 1 is 1.17 bits per heavy atom. The molecule has 0 unspecified atom stereocenters. The number of benzene rings is 1. The van der Waals surface area contributed by atoms with Gasteiger partial charge in [0.05, 0.1) is 0 Å². The SMILES string of the molecule is CCn1c(Sc2nc(C(F)(F)F)cs2)nnc1-c1ccc(C)cc1. The van der Waals surface area contributed by atoms with Crippen LogP contribution in [0.1, 0.15) is 18.2 Å². The fourth-order valence-electron chi connectivity index (χ4n) is 2.08. The van der Waals surface area contributed by atoms with E-state index in [0.29, 0.717) is 21.9 Å². The van der Waals surface area contributed by atoms with E-state index in [9.17, 15) is 13.2 Å². The lowest BCUT2D eigenvalue weighted by Gasteiger charge is -2.06. The Labute approximate surface area is 144 Å². The van der Waals surface area contributed by atoms with E-state index in [-0.39, 0.29) is 0 Å². The summed E-state index contributed by atoms with van der Waals surface area (Å²) >= 11 is 2.04. The first-order valence-corrected chi connectivity index (χ1v) is 8.79. The molecule has 0 atom stereocenters. The van der Waals surface area contributed by atoms with Crippen molar-refractivity contribution in [2.45, 2.75) is 36.1 Å². The molecular weight excluding hydrogens is 357 g/mol. The number of nitrogens with zero attached hydrogens (tertiary/aromatic N) is 4. The minimum absolute atomic E-state index is 0.292. The molecule has 0 spiro atoms. The smallest absolute Gasteiger partial charge is 0.302 e. The lowest BCUT2D eigenvalue weighted by Crippen LogP contribution is -2.04. The molecule has 4 nitrogen and oxygen atoms in total. The first-order valence-electron chi connectivity index (χ1n) is 7.09. The van der Waals surface area contributed by atoms with Crippen LogP contribution >= 0.6 is 23.1 Å². The van der Waals surface area contributed by atoms with Crippen LogP contribution in [-0.2, 0) is 12.7 Å². The molecule has 0 bridgehead atoms. The van der Waals surface area contributed by atoms with Crippen molar-refractivity contribution in [1.82, 2.24) is 19.7 Å². The normalized spacial score (nSPS) is 11.9. The fourth-order valence-corrected chi connectivity index (χ4v) is 3.90. The minimum Gasteiger partial charge on any atom is -0.302 e. The first kappa shape index (κ1) is 17.0. The van der Waals surface area contributed by atoms with Gasteiger partial charge in [-0.25, -0.2) is 4.98 Å². The second-order valence-corrected chi connectivity index (χ2v) is 7.09. The standard InChI is InChI=1S/C15H13F3N4S2/c1-3-22-12(10-6-4-9(2)5-7-10)20-21-13(22)24-14-19-11(8-23-14)15(16,17)18/h4-8H,3H2,1-2H3. The van der Waals surface area contributed by atoms with Crippen LogP contribution in [0.2, 0.25) is 0 Å². The van der Waals surface area contributed by atoms with Crippen molar-refractivity contribution < 1.29 is 13.2 Å². The van der Waals surface area contributed by atoms with Gasteiger partial charge in [-0.3, -0.25) is 0 Å². The maximum absolute atomic E-state index is 12.6. The summed E-state index contributed by atoms with van der Waals surface area (Å²) in [7, 11) is 0. The van der Waals surface area contributed by atoms with Gasteiger partial charge in [-0.2, -0.15) is 13.2 Å². The van der Waals surface area contributed by atoms with Gasteiger partial charge in [0.15, 0.2) is 21.0 Å². The quantitative estimate of drug-likeness (QED) is 0.655. The first-order chi connectivity index (χ1) is 11.4. The van der Waals surface area contributed by atoms with Crippen molar-refractivity contribution in [3.63, 3.8) is 0 Å². The predicted octanol–water partition coefficient (Wildman–Crippen LogP) is 4.90. The van der Waals surface area contributed by atoms with Gasteiger partial charge in [0.25, 0.3) is 0 Å². The summed E-state index contributed by atoms with van der Waals surface area (Å²) < 4.78 is 40.1. The summed E-state index contributed by atoms with van der Waals surface area (Å²) in [5, 5.41) is 9.83. The minimum atomic E-state index is -4.43. The number of hydrogen-bond donors (Lipinski definition) is 0. The van der Waals surface area contributed by atoms with Crippen LogP contribution in [0, 0.1) is 6.92 Å². The van der Waals surface area contributed by atoms with Gasteiger partial charge >= 0.3 is 6.18 Å². The molecule has 0 N–H and O–H groups in total. The van der Waals surface area contributed by atoms with Gasteiger partial charge in [0.1, 0.15) is 0 Å². The van der Waals surface area contributed by atoms with E-state index in [1.165, 1.54) is 0 Å². The Balaban J connectivity index is 1.89. The molecule has 0 fully saturated rings. The van der Waals surface area contributed by atoms with Gasteiger partial charge in [-0.15, -0.1) is 21.5 Å². The number of rotatable bonds is 4. The zero-order valence-electron chi connectivity index (χ0n) is 12.8. The zero-order valence-corrected chi connectivity index (χ0v) is 14.5. The average Bonchev–Trinajstić information content (AvgIpc) is 3.15. The van der Waals surface area contributed by atoms with Crippen LogP contribution in [0.5, 0.6) is 0 Å². The van der Waals surface area contributed by atoms with E-state index in [1.807, 2.05) is 42.7 Å². The highest BCUT2D eigenvalue weighted by Crippen LogP contribution is 2.36. The number of thiazole rings is 1. The molecule has 0 aliphatic rings. The number of hydrogen-bond acceptors (Lipinski definition) is 5. The molecule has 0 amide bonds. The average molecular weight is 370 g/mol. The topological polar surface area (TPSA) is 43.6 Å². The van der Waals surface area contributed by atoms with Gasteiger partial charge in [-0.05, 0) is 25.6 Å². The highest BCUT2D eigenvalue weighted by Gasteiger charge is 2.34. The van der Waals surface area contributed by atoms with Crippen molar-refractivity contribution in [2.75, 3.05) is 0 Å². The van der Waals surface area contributed by atoms with Crippen molar-refractivity contribution in [3.8, 4) is 11.4 Å². The van der Waals surface area contributed by atoms with E-state index < -0.39 is 11.9 Å². The molecule has 0 saturated carbocycles. The fraction of sp³-hybridized carbons (Fsp3) is 0.267. The van der Waals surface area contributed by atoms with Crippen LogP contribution in [-0.4, -0.2) is 19.7 Å². The van der Waals surface area contributed by atoms with Crippen molar-refractivity contribution >= 4 is 23.1 Å². The molecule has 2 aromatic heterocycles. The van der Waals surface area contributed by atoms with E-state index in [2.05, 4.69) is 15.2 Å². The largest absolute Gasteiger partial charge is 0.434 e. The summed E-state index contributed by atoms with van der Waals surface area (Å²) in [5.74, 6) is 0.688. The van der Waals surface area contributed by atoms with Gasteiger partial charge in [-0.1, -0.05) is 29.8 Å². The van der Waals surface area contributed by atoms with Gasteiger partial charge in [0, 0.05) is 17.5 Å². The Hall–Kier alpha value is -1.87. The van der Waals surface area contributed by atoms with E-state index >= 15 is 0 Å². The molecule has 3 aromatic rings. The molecule has 0 aliphatic heterocycles. The molecular formula is C15H13F3N4S2. The van der Waals surface area contributed by atoms with Crippen LogP contribution in [0.15, 0.2) is 39.1 Å². The van der Waals surface area contributed by atoms with Crippen molar-refractivity contribution in [3.05, 3.63) is 40.9 Å². The van der Waals surface area contributed by atoms with E-state index in [0.717, 1.165) is 39.6 Å². The number of halogens is 3. The Bertz CT molecular complexity index is 837. The summed E-state index contributed by atoms with van der Waals surface area (Å²) in [5.41, 5.74) is 1.17. The van der Waals surface area contributed by atoms with Gasteiger partial charge in [0.2, 0.25) is 0 Å². The lowest BCUT2D eigenvalue weighted by molar-refractivity contribution is -0.141. The highest BCUT2D eigenvalue weighted by atomic mass is 32.2. The summed E-state index contributed by atoms with van der Waals surface area (Å²) in [4.78, 5) is 3.62. The van der Waals surface area contributed by atoms with Crippen LogP contribution in [0.4, 0.5) is 13.2 Å². The van der Waals surface area contributed by atoms with Crippen LogP contribution in [0.25, 0.3) is 11.4 Å². The maximum atomic E-state index is 12.6. The summed E-state index contributed by atoms with van der Waals surface area (Å²) in [6, 6.07) is 7.86. The molecule has 126 valence electrons. The molecule has 9 heteroatoms.